The summed E-state index contributed by atoms with van der Waals surface area (Å²) in [6, 6.07) is 17.6. The zero-order valence-electron chi connectivity index (χ0n) is 17.0. The number of benzene rings is 3. The Bertz CT molecular complexity index is 1240. The summed E-state index contributed by atoms with van der Waals surface area (Å²) in [5.74, 6) is -0.144. The van der Waals surface area contributed by atoms with Crippen LogP contribution in [-0.4, -0.2) is 20.1 Å². The predicted molar refractivity (Wildman–Crippen MR) is 122 cm³/mol. The van der Waals surface area contributed by atoms with Crippen molar-refractivity contribution in [1.82, 2.24) is 0 Å². The second-order valence-electron chi connectivity index (χ2n) is 7.38. The number of carbonyl (C=O) groups excluding carboxylic acids is 1. The SMILES string of the molecule is Cc1ccc(N2C(=O)CS[C@@H]2c2cccc(NS(=O)(=O)c3ccc(F)cc3)c2)cc1C. The van der Waals surface area contributed by atoms with Crippen LogP contribution in [0.5, 0.6) is 0 Å². The lowest BCUT2D eigenvalue weighted by Gasteiger charge is -2.25. The molecule has 1 amide bonds. The number of thioether (sulfide) groups is 1. The van der Waals surface area contributed by atoms with Crippen LogP contribution in [0.3, 0.4) is 0 Å². The van der Waals surface area contributed by atoms with E-state index in [1.165, 1.54) is 23.9 Å². The second kappa shape index (κ2) is 8.36. The molecule has 0 unspecified atom stereocenters. The molecule has 31 heavy (non-hydrogen) atoms. The average Bonchev–Trinajstić information content (AvgIpc) is 3.12. The maximum absolute atomic E-state index is 13.1. The lowest BCUT2D eigenvalue weighted by atomic mass is 10.1. The number of nitrogens with one attached hydrogen (secondary N) is 1. The van der Waals surface area contributed by atoms with E-state index in [4.69, 9.17) is 0 Å². The maximum Gasteiger partial charge on any atom is 0.261 e. The molecule has 0 bridgehead atoms. The van der Waals surface area contributed by atoms with E-state index in [2.05, 4.69) is 4.72 Å². The van der Waals surface area contributed by atoms with E-state index >= 15 is 0 Å². The topological polar surface area (TPSA) is 66.5 Å². The van der Waals surface area contributed by atoms with Gasteiger partial charge in [0.2, 0.25) is 5.91 Å². The van der Waals surface area contributed by atoms with Crippen LogP contribution >= 0.6 is 11.8 Å². The van der Waals surface area contributed by atoms with Crippen molar-refractivity contribution in [1.29, 1.82) is 0 Å². The second-order valence-corrected chi connectivity index (χ2v) is 10.1. The predicted octanol–water partition coefficient (Wildman–Crippen LogP) is 5.02. The minimum atomic E-state index is -3.86. The van der Waals surface area contributed by atoms with Gasteiger partial charge in [0.15, 0.2) is 0 Å². The van der Waals surface area contributed by atoms with E-state index in [0.29, 0.717) is 11.4 Å². The molecule has 0 spiro atoms. The van der Waals surface area contributed by atoms with Gasteiger partial charge in [-0.3, -0.25) is 14.4 Å². The summed E-state index contributed by atoms with van der Waals surface area (Å²) in [6.07, 6.45) is 0. The summed E-state index contributed by atoms with van der Waals surface area (Å²) in [7, 11) is -3.86. The molecule has 1 aliphatic rings. The Kier molecular flexibility index (Phi) is 5.77. The summed E-state index contributed by atoms with van der Waals surface area (Å²) < 4.78 is 41.0. The number of hydrogen-bond donors (Lipinski definition) is 1. The third-order valence-corrected chi connectivity index (χ3v) is 7.79. The number of sulfonamides is 1. The summed E-state index contributed by atoms with van der Waals surface area (Å²) in [5.41, 5.74) is 4.26. The lowest BCUT2D eigenvalue weighted by molar-refractivity contribution is -0.115. The van der Waals surface area contributed by atoms with Gasteiger partial charge in [0.05, 0.1) is 10.6 Å². The van der Waals surface area contributed by atoms with Gasteiger partial charge in [-0.1, -0.05) is 18.2 Å². The van der Waals surface area contributed by atoms with Gasteiger partial charge in [-0.25, -0.2) is 12.8 Å². The third kappa shape index (κ3) is 4.45. The van der Waals surface area contributed by atoms with Gasteiger partial charge < -0.3 is 0 Å². The Morgan fingerprint density at radius 3 is 2.45 bits per heavy atom. The molecule has 1 heterocycles. The Morgan fingerprint density at radius 1 is 1.00 bits per heavy atom. The zero-order valence-corrected chi connectivity index (χ0v) is 18.6. The number of rotatable bonds is 5. The van der Waals surface area contributed by atoms with Gasteiger partial charge in [-0.2, -0.15) is 0 Å². The van der Waals surface area contributed by atoms with E-state index in [9.17, 15) is 17.6 Å². The van der Waals surface area contributed by atoms with Crippen LogP contribution in [0.15, 0.2) is 71.6 Å². The monoisotopic (exact) mass is 456 g/mol. The molecular weight excluding hydrogens is 435 g/mol. The molecule has 4 rings (SSSR count). The molecule has 1 fully saturated rings. The van der Waals surface area contributed by atoms with Crippen molar-refractivity contribution in [3.8, 4) is 0 Å². The van der Waals surface area contributed by atoms with Gasteiger partial charge in [0, 0.05) is 11.4 Å². The highest BCUT2D eigenvalue weighted by atomic mass is 32.2. The van der Waals surface area contributed by atoms with Gasteiger partial charge in [0.25, 0.3) is 10.0 Å². The van der Waals surface area contributed by atoms with E-state index in [1.54, 1.807) is 23.1 Å². The fourth-order valence-electron chi connectivity index (χ4n) is 3.41. The molecule has 3 aromatic carbocycles. The molecule has 0 radical (unpaired) electrons. The summed E-state index contributed by atoms with van der Waals surface area (Å²) in [6.45, 7) is 4.03. The Balaban J connectivity index is 1.63. The van der Waals surface area contributed by atoms with Crippen LogP contribution < -0.4 is 9.62 Å². The van der Waals surface area contributed by atoms with Crippen molar-refractivity contribution < 1.29 is 17.6 Å². The first-order valence-electron chi connectivity index (χ1n) is 9.64. The maximum atomic E-state index is 13.1. The summed E-state index contributed by atoms with van der Waals surface area (Å²) in [5, 5.41) is -0.259. The highest BCUT2D eigenvalue weighted by molar-refractivity contribution is 8.00. The molecule has 160 valence electrons. The molecule has 0 aliphatic carbocycles. The molecule has 0 saturated carbocycles. The first-order chi connectivity index (χ1) is 14.7. The van der Waals surface area contributed by atoms with Crippen molar-refractivity contribution >= 4 is 39.1 Å². The zero-order chi connectivity index (χ0) is 22.2. The average molecular weight is 457 g/mol. The minimum Gasteiger partial charge on any atom is -0.295 e. The normalized spacial score (nSPS) is 16.5. The van der Waals surface area contributed by atoms with E-state index in [0.717, 1.165) is 34.5 Å². The van der Waals surface area contributed by atoms with Crippen molar-refractivity contribution in [3.05, 3.63) is 89.2 Å². The van der Waals surface area contributed by atoms with Gasteiger partial charge in [-0.05, 0) is 79.1 Å². The first-order valence-corrected chi connectivity index (χ1v) is 12.2. The van der Waals surface area contributed by atoms with Crippen molar-refractivity contribution in [2.75, 3.05) is 15.4 Å². The van der Waals surface area contributed by atoms with Crippen LogP contribution in [0.2, 0.25) is 0 Å². The number of amides is 1. The number of aryl methyl sites for hydroxylation is 2. The number of halogens is 1. The summed E-state index contributed by atoms with van der Waals surface area (Å²) >= 11 is 1.50. The molecule has 1 N–H and O–H groups in total. The molecular formula is C23H21FN2O3S2. The molecule has 5 nitrogen and oxygen atoms in total. The van der Waals surface area contributed by atoms with E-state index in [-0.39, 0.29) is 16.2 Å². The number of carbonyl (C=O) groups is 1. The first kappa shape index (κ1) is 21.4. The van der Waals surface area contributed by atoms with Gasteiger partial charge in [-0.15, -0.1) is 11.8 Å². The van der Waals surface area contributed by atoms with Gasteiger partial charge in [0.1, 0.15) is 11.2 Å². The fraction of sp³-hybridized carbons (Fsp3) is 0.174. The Labute approximate surface area is 185 Å². The Hall–Kier alpha value is -2.84. The van der Waals surface area contributed by atoms with E-state index in [1.807, 2.05) is 38.1 Å². The standard InChI is InChI=1S/C23H21FN2O3S2/c1-15-6-9-20(12-16(15)2)26-22(27)14-30-23(26)17-4-3-5-19(13-17)25-31(28,29)21-10-7-18(24)8-11-21/h3-13,23,25H,14H2,1-2H3/t23-/m1/s1. The largest absolute Gasteiger partial charge is 0.295 e. The third-order valence-electron chi connectivity index (χ3n) is 5.18. The highest BCUT2D eigenvalue weighted by Gasteiger charge is 2.34. The molecule has 1 atom stereocenters. The van der Waals surface area contributed by atoms with Crippen LogP contribution in [0.1, 0.15) is 22.1 Å². The minimum absolute atomic E-state index is 0.00977. The molecule has 1 aliphatic heterocycles. The molecule has 1 saturated heterocycles. The van der Waals surface area contributed by atoms with Crippen molar-refractivity contribution in [3.63, 3.8) is 0 Å². The highest BCUT2D eigenvalue weighted by Crippen LogP contribution is 2.42. The quantitative estimate of drug-likeness (QED) is 0.585. The number of anilines is 2. The molecule has 3 aromatic rings. The fourth-order valence-corrected chi connectivity index (χ4v) is 5.63. The Morgan fingerprint density at radius 2 is 1.74 bits per heavy atom. The molecule has 0 aromatic heterocycles. The number of hydrogen-bond acceptors (Lipinski definition) is 4. The number of nitrogens with zero attached hydrogens (tertiary/aromatic N) is 1. The molecule has 8 heteroatoms. The van der Waals surface area contributed by atoms with E-state index < -0.39 is 15.8 Å². The van der Waals surface area contributed by atoms with Crippen molar-refractivity contribution in [2.24, 2.45) is 0 Å². The van der Waals surface area contributed by atoms with Gasteiger partial charge >= 0.3 is 0 Å². The van der Waals surface area contributed by atoms with Crippen LogP contribution in [0.25, 0.3) is 0 Å². The van der Waals surface area contributed by atoms with Crippen LogP contribution in [0, 0.1) is 19.7 Å². The van der Waals surface area contributed by atoms with Crippen molar-refractivity contribution in [2.45, 2.75) is 24.1 Å². The van der Waals surface area contributed by atoms with Crippen LogP contribution in [-0.2, 0) is 14.8 Å². The lowest BCUT2D eigenvalue weighted by Crippen LogP contribution is -2.28. The smallest absolute Gasteiger partial charge is 0.261 e. The summed E-state index contributed by atoms with van der Waals surface area (Å²) in [4.78, 5) is 14.4. The van der Waals surface area contributed by atoms with Crippen LogP contribution in [0.4, 0.5) is 15.8 Å².